The number of fused-ring (bicyclic) bond motifs is 5. The Hall–Kier alpha value is -3.73. The first-order valence-electron chi connectivity index (χ1n) is 10.6. The summed E-state index contributed by atoms with van der Waals surface area (Å²) in [6.45, 7) is 1.89. The van der Waals surface area contributed by atoms with E-state index in [1.807, 2.05) is 13.0 Å². The predicted octanol–water partition coefficient (Wildman–Crippen LogP) is 6.90. The highest BCUT2D eigenvalue weighted by Gasteiger charge is 2.17. The van der Waals surface area contributed by atoms with Crippen molar-refractivity contribution in [3.8, 4) is 11.3 Å². The van der Waals surface area contributed by atoms with Gasteiger partial charge in [-0.3, -0.25) is 15.1 Å². The topological polar surface area (TPSA) is 69.2 Å². The molecule has 5 nitrogen and oxygen atoms in total. The van der Waals surface area contributed by atoms with Crippen LogP contribution in [0.2, 0.25) is 0 Å². The lowest BCUT2D eigenvalue weighted by Crippen LogP contribution is -2.01. The Labute approximate surface area is 178 Å². The van der Waals surface area contributed by atoms with Gasteiger partial charge in [-0.15, -0.1) is 0 Å². The van der Waals surface area contributed by atoms with Crippen molar-refractivity contribution < 1.29 is 9.34 Å². The molecule has 5 aromatic rings. The average Bonchev–Trinajstić information content (AvgIpc) is 3.11. The van der Waals surface area contributed by atoms with Gasteiger partial charge < -0.3 is 4.42 Å². The van der Waals surface area contributed by atoms with E-state index < -0.39 is 0 Å². The van der Waals surface area contributed by atoms with Gasteiger partial charge >= 0.3 is 0 Å². The van der Waals surface area contributed by atoms with Gasteiger partial charge in [0.25, 0.3) is 5.69 Å². The summed E-state index contributed by atoms with van der Waals surface area (Å²) >= 11 is 0. The van der Waals surface area contributed by atoms with Gasteiger partial charge in [-0.25, -0.2) is 0 Å². The first kappa shape index (κ1) is 18.1. The van der Waals surface area contributed by atoms with Crippen molar-refractivity contribution in [1.82, 2.24) is 4.98 Å². The van der Waals surface area contributed by atoms with E-state index in [0.717, 1.165) is 62.4 Å². The number of hydrogen-bond donors (Lipinski definition) is 0. The van der Waals surface area contributed by atoms with Crippen LogP contribution in [0.5, 0.6) is 0 Å². The lowest BCUT2D eigenvalue weighted by molar-refractivity contribution is -0.384. The normalized spacial score (nSPS) is 13.7. The molecule has 0 fully saturated rings. The summed E-state index contributed by atoms with van der Waals surface area (Å²) in [5, 5.41) is 15.4. The van der Waals surface area contributed by atoms with Crippen LogP contribution < -0.4 is 0 Å². The average molecular weight is 408 g/mol. The van der Waals surface area contributed by atoms with E-state index in [-0.39, 0.29) is 10.6 Å². The van der Waals surface area contributed by atoms with Crippen molar-refractivity contribution in [2.24, 2.45) is 0 Å². The number of non-ortho nitro benzene ring substituents is 1. The third kappa shape index (κ3) is 2.81. The van der Waals surface area contributed by atoms with Crippen LogP contribution in [0.3, 0.4) is 0 Å². The molecular formula is C26H20N2O3. The SMILES string of the molecule is Cc1cc([N+](=O)[O-])ccc1-c1nccc2cc3oc4cc5c(cc4c3cc12)CCCC5. The zero-order chi connectivity index (χ0) is 21.1. The Morgan fingerprint density at radius 1 is 0.903 bits per heavy atom. The number of furan rings is 1. The van der Waals surface area contributed by atoms with Crippen LogP contribution in [0.25, 0.3) is 44.0 Å². The molecule has 0 unspecified atom stereocenters. The molecule has 31 heavy (non-hydrogen) atoms. The van der Waals surface area contributed by atoms with Crippen molar-refractivity contribution in [2.45, 2.75) is 32.6 Å². The largest absolute Gasteiger partial charge is 0.456 e. The second kappa shape index (κ2) is 6.64. The maximum atomic E-state index is 11.1. The van der Waals surface area contributed by atoms with E-state index >= 15 is 0 Å². The summed E-state index contributed by atoms with van der Waals surface area (Å²) in [5.41, 5.74) is 7.31. The van der Waals surface area contributed by atoms with Crippen LogP contribution in [0.4, 0.5) is 5.69 Å². The number of nitro benzene ring substituents is 1. The molecule has 0 aliphatic heterocycles. The van der Waals surface area contributed by atoms with Gasteiger partial charge in [0, 0.05) is 40.1 Å². The summed E-state index contributed by atoms with van der Waals surface area (Å²) in [7, 11) is 0. The predicted molar refractivity (Wildman–Crippen MR) is 122 cm³/mol. The fourth-order valence-electron chi connectivity index (χ4n) is 4.91. The summed E-state index contributed by atoms with van der Waals surface area (Å²) in [5.74, 6) is 0. The maximum absolute atomic E-state index is 11.1. The minimum atomic E-state index is -0.366. The molecule has 6 rings (SSSR count). The van der Waals surface area contributed by atoms with E-state index in [2.05, 4.69) is 29.2 Å². The summed E-state index contributed by atoms with van der Waals surface area (Å²) in [4.78, 5) is 15.4. The Morgan fingerprint density at radius 3 is 2.42 bits per heavy atom. The molecule has 0 radical (unpaired) electrons. The summed E-state index contributed by atoms with van der Waals surface area (Å²) in [6.07, 6.45) is 6.51. The standard InChI is InChI=1S/C26H20N2O3/c1-15-10-19(28(29)30)6-7-20(15)26-21-14-23-22-11-16-4-2-3-5-17(16)12-24(22)31-25(23)13-18(21)8-9-27-26/h6-14H,2-5H2,1H3. The molecule has 0 saturated carbocycles. The molecule has 5 heteroatoms. The quantitative estimate of drug-likeness (QED) is 0.235. The van der Waals surface area contributed by atoms with E-state index in [9.17, 15) is 10.1 Å². The second-order valence-corrected chi connectivity index (χ2v) is 8.41. The molecule has 0 bridgehead atoms. The van der Waals surface area contributed by atoms with Gasteiger partial charge in [0.15, 0.2) is 0 Å². The highest BCUT2D eigenvalue weighted by atomic mass is 16.6. The Balaban J connectivity index is 1.61. The molecule has 2 aromatic heterocycles. The summed E-state index contributed by atoms with van der Waals surface area (Å²) < 4.78 is 6.24. The van der Waals surface area contributed by atoms with Crippen LogP contribution in [-0.2, 0) is 12.8 Å². The minimum Gasteiger partial charge on any atom is -0.456 e. The Morgan fingerprint density at radius 2 is 1.65 bits per heavy atom. The van der Waals surface area contributed by atoms with Crippen molar-refractivity contribution in [2.75, 3.05) is 0 Å². The number of rotatable bonds is 2. The zero-order valence-electron chi connectivity index (χ0n) is 17.1. The number of aryl methyl sites for hydroxylation is 3. The van der Waals surface area contributed by atoms with Gasteiger partial charge in [0.2, 0.25) is 0 Å². The molecule has 1 aliphatic rings. The number of nitrogens with zero attached hydrogens (tertiary/aromatic N) is 2. The molecule has 0 atom stereocenters. The number of hydrogen-bond acceptors (Lipinski definition) is 4. The van der Waals surface area contributed by atoms with E-state index in [1.165, 1.54) is 24.0 Å². The van der Waals surface area contributed by atoms with Crippen LogP contribution >= 0.6 is 0 Å². The maximum Gasteiger partial charge on any atom is 0.269 e. The van der Waals surface area contributed by atoms with Crippen molar-refractivity contribution >= 4 is 38.4 Å². The first-order chi connectivity index (χ1) is 15.1. The molecule has 0 N–H and O–H groups in total. The van der Waals surface area contributed by atoms with Crippen molar-refractivity contribution in [1.29, 1.82) is 0 Å². The van der Waals surface area contributed by atoms with Gasteiger partial charge in [-0.1, -0.05) is 0 Å². The molecule has 152 valence electrons. The number of nitro groups is 1. The number of benzene rings is 3. The molecular weight excluding hydrogens is 388 g/mol. The van der Waals surface area contributed by atoms with E-state index in [4.69, 9.17) is 4.42 Å². The van der Waals surface area contributed by atoms with Gasteiger partial charge in [-0.05, 0) is 91.1 Å². The third-order valence-corrected chi connectivity index (χ3v) is 6.49. The van der Waals surface area contributed by atoms with Gasteiger partial charge in [0.05, 0.1) is 10.6 Å². The highest BCUT2D eigenvalue weighted by Crippen LogP contribution is 2.38. The third-order valence-electron chi connectivity index (χ3n) is 6.49. The molecule has 0 saturated heterocycles. The molecule has 3 aromatic carbocycles. The Kier molecular flexibility index (Phi) is 3.87. The Bertz CT molecular complexity index is 1530. The molecule has 2 heterocycles. The smallest absolute Gasteiger partial charge is 0.269 e. The van der Waals surface area contributed by atoms with Gasteiger partial charge in [0.1, 0.15) is 11.2 Å². The minimum absolute atomic E-state index is 0.0921. The highest BCUT2D eigenvalue weighted by molar-refractivity contribution is 6.12. The zero-order valence-corrected chi connectivity index (χ0v) is 17.1. The van der Waals surface area contributed by atoms with E-state index in [0.29, 0.717) is 0 Å². The fraction of sp³-hybridized carbons (Fsp3) is 0.192. The lowest BCUT2D eigenvalue weighted by atomic mass is 9.90. The fourth-order valence-corrected chi connectivity index (χ4v) is 4.91. The van der Waals surface area contributed by atoms with Crippen LogP contribution in [0.1, 0.15) is 29.5 Å². The molecule has 0 spiro atoms. The molecule has 1 aliphatic carbocycles. The van der Waals surface area contributed by atoms with Crippen molar-refractivity contribution in [3.63, 3.8) is 0 Å². The second-order valence-electron chi connectivity index (χ2n) is 8.41. The summed E-state index contributed by atoms with van der Waals surface area (Å²) in [6, 6.07) is 15.7. The van der Waals surface area contributed by atoms with Crippen LogP contribution in [0, 0.1) is 17.0 Å². The number of pyridine rings is 1. The lowest BCUT2D eigenvalue weighted by Gasteiger charge is -2.14. The first-order valence-corrected chi connectivity index (χ1v) is 10.6. The molecule has 0 amide bonds. The van der Waals surface area contributed by atoms with Crippen LogP contribution in [0.15, 0.2) is 59.1 Å². The van der Waals surface area contributed by atoms with Crippen LogP contribution in [-0.4, -0.2) is 9.91 Å². The van der Waals surface area contributed by atoms with E-state index in [1.54, 1.807) is 24.4 Å². The van der Waals surface area contributed by atoms with Gasteiger partial charge in [-0.2, -0.15) is 0 Å². The van der Waals surface area contributed by atoms with Crippen molar-refractivity contribution in [3.05, 3.63) is 81.5 Å². The number of aromatic nitrogens is 1. The monoisotopic (exact) mass is 408 g/mol.